The fourth-order valence-corrected chi connectivity index (χ4v) is 3.21. The third kappa shape index (κ3) is 10.5. The standard InChI is InChI=1S/C25H38O3/c1-2-3-4-5-6-7-8-9-10-11-20-27-24-18-14-22(15-19-24)13-12-21-28-25(26)23-16-17-23/h12-15,18-19,23H,2-11,16-17,20-21H2,1H3. The highest BCUT2D eigenvalue weighted by atomic mass is 16.5. The number of unbranched alkanes of at least 4 members (excludes halogenated alkanes) is 9. The van der Waals surface area contributed by atoms with Gasteiger partial charge in [0.1, 0.15) is 12.4 Å². The molecular weight excluding hydrogens is 348 g/mol. The molecule has 3 heteroatoms. The van der Waals surface area contributed by atoms with Crippen LogP contribution in [0.3, 0.4) is 0 Å². The van der Waals surface area contributed by atoms with E-state index in [-0.39, 0.29) is 11.9 Å². The van der Waals surface area contributed by atoms with Gasteiger partial charge in [-0.1, -0.05) is 82.9 Å². The molecule has 1 aromatic carbocycles. The molecule has 0 saturated heterocycles. The minimum atomic E-state index is -0.0552. The highest BCUT2D eigenvalue weighted by molar-refractivity contribution is 5.75. The van der Waals surface area contributed by atoms with Crippen molar-refractivity contribution >= 4 is 12.0 Å². The van der Waals surface area contributed by atoms with Crippen LogP contribution in [0.2, 0.25) is 0 Å². The molecule has 28 heavy (non-hydrogen) atoms. The molecule has 0 aromatic heterocycles. The van der Waals surface area contributed by atoms with Gasteiger partial charge in [-0.2, -0.15) is 0 Å². The van der Waals surface area contributed by atoms with E-state index < -0.39 is 0 Å². The van der Waals surface area contributed by atoms with E-state index in [2.05, 4.69) is 6.92 Å². The molecule has 2 rings (SSSR count). The van der Waals surface area contributed by atoms with E-state index in [0.717, 1.165) is 37.2 Å². The van der Waals surface area contributed by atoms with Crippen LogP contribution in [0.1, 0.15) is 89.5 Å². The van der Waals surface area contributed by atoms with Gasteiger partial charge in [0.25, 0.3) is 0 Å². The van der Waals surface area contributed by atoms with Gasteiger partial charge in [0.15, 0.2) is 0 Å². The Hall–Kier alpha value is -1.77. The van der Waals surface area contributed by atoms with Crippen LogP contribution < -0.4 is 4.74 Å². The van der Waals surface area contributed by atoms with E-state index in [9.17, 15) is 4.79 Å². The Morgan fingerprint density at radius 3 is 2.14 bits per heavy atom. The second-order valence-electron chi connectivity index (χ2n) is 7.91. The fraction of sp³-hybridized carbons (Fsp3) is 0.640. The molecule has 0 heterocycles. The van der Waals surface area contributed by atoms with Gasteiger partial charge in [-0.25, -0.2) is 0 Å². The van der Waals surface area contributed by atoms with Crippen molar-refractivity contribution in [3.8, 4) is 5.75 Å². The van der Waals surface area contributed by atoms with E-state index in [1.54, 1.807) is 0 Å². The first-order chi connectivity index (χ1) is 13.8. The maximum absolute atomic E-state index is 11.4. The average molecular weight is 387 g/mol. The van der Waals surface area contributed by atoms with Crippen LogP contribution in [0.15, 0.2) is 30.3 Å². The van der Waals surface area contributed by atoms with Crippen LogP contribution in [0.5, 0.6) is 5.75 Å². The van der Waals surface area contributed by atoms with Gasteiger partial charge in [-0.15, -0.1) is 0 Å². The molecule has 1 fully saturated rings. The van der Waals surface area contributed by atoms with Crippen LogP contribution in [0, 0.1) is 5.92 Å². The van der Waals surface area contributed by atoms with Crippen molar-refractivity contribution < 1.29 is 14.3 Å². The number of ether oxygens (including phenoxy) is 2. The quantitative estimate of drug-likeness (QED) is 0.228. The summed E-state index contributed by atoms with van der Waals surface area (Å²) in [5.74, 6) is 1.04. The van der Waals surface area contributed by atoms with Crippen molar-refractivity contribution in [2.45, 2.75) is 84.0 Å². The van der Waals surface area contributed by atoms with Crippen molar-refractivity contribution in [2.75, 3.05) is 13.2 Å². The van der Waals surface area contributed by atoms with E-state index in [1.165, 1.54) is 57.8 Å². The zero-order valence-electron chi connectivity index (χ0n) is 17.7. The molecule has 1 saturated carbocycles. The van der Waals surface area contributed by atoms with Crippen LogP contribution in [-0.4, -0.2) is 19.2 Å². The van der Waals surface area contributed by atoms with Gasteiger partial charge in [0, 0.05) is 0 Å². The first-order valence-electron chi connectivity index (χ1n) is 11.4. The molecule has 1 aliphatic rings. The number of carbonyl (C=O) groups is 1. The summed E-state index contributed by atoms with van der Waals surface area (Å²) in [6.45, 7) is 3.42. The maximum Gasteiger partial charge on any atom is 0.309 e. The SMILES string of the molecule is CCCCCCCCCCCCOc1ccc(C=CCOC(=O)C2CC2)cc1. The van der Waals surface area contributed by atoms with Crippen molar-refractivity contribution in [2.24, 2.45) is 5.92 Å². The van der Waals surface area contributed by atoms with Crippen LogP contribution in [-0.2, 0) is 9.53 Å². The summed E-state index contributed by atoms with van der Waals surface area (Å²) in [5.41, 5.74) is 1.09. The lowest BCUT2D eigenvalue weighted by Crippen LogP contribution is -2.05. The van der Waals surface area contributed by atoms with E-state index in [1.807, 2.05) is 36.4 Å². The molecule has 3 nitrogen and oxygen atoms in total. The first kappa shape index (κ1) is 22.5. The normalized spacial score (nSPS) is 13.8. The lowest BCUT2D eigenvalue weighted by atomic mass is 10.1. The van der Waals surface area contributed by atoms with Crippen LogP contribution in [0.4, 0.5) is 0 Å². The Morgan fingerprint density at radius 2 is 1.54 bits per heavy atom. The summed E-state index contributed by atoms with van der Waals surface area (Å²) in [4.78, 5) is 11.4. The molecule has 0 bridgehead atoms. The third-order valence-corrected chi connectivity index (χ3v) is 5.19. The molecule has 156 valence electrons. The largest absolute Gasteiger partial charge is 0.494 e. The van der Waals surface area contributed by atoms with E-state index >= 15 is 0 Å². The molecule has 0 N–H and O–H groups in total. The summed E-state index contributed by atoms with van der Waals surface area (Å²) in [5, 5.41) is 0. The second kappa shape index (κ2) is 14.3. The lowest BCUT2D eigenvalue weighted by Gasteiger charge is -2.06. The smallest absolute Gasteiger partial charge is 0.309 e. The second-order valence-corrected chi connectivity index (χ2v) is 7.91. The average Bonchev–Trinajstić information content (AvgIpc) is 3.56. The molecule has 0 amide bonds. The van der Waals surface area contributed by atoms with Gasteiger partial charge in [0.05, 0.1) is 12.5 Å². The third-order valence-electron chi connectivity index (χ3n) is 5.19. The van der Waals surface area contributed by atoms with Crippen molar-refractivity contribution in [1.29, 1.82) is 0 Å². The Balaban J connectivity index is 1.45. The molecule has 0 unspecified atom stereocenters. The van der Waals surface area contributed by atoms with Crippen LogP contribution in [0.25, 0.3) is 6.08 Å². The van der Waals surface area contributed by atoms with Gasteiger partial charge in [-0.3, -0.25) is 4.79 Å². The molecule has 1 aliphatic carbocycles. The van der Waals surface area contributed by atoms with E-state index in [0.29, 0.717) is 6.61 Å². The molecule has 0 atom stereocenters. The minimum absolute atomic E-state index is 0.0552. The molecular formula is C25H38O3. The van der Waals surface area contributed by atoms with E-state index in [4.69, 9.17) is 9.47 Å². The topological polar surface area (TPSA) is 35.5 Å². The van der Waals surface area contributed by atoms with Gasteiger partial charge in [-0.05, 0) is 43.0 Å². The van der Waals surface area contributed by atoms with Crippen LogP contribution >= 0.6 is 0 Å². The van der Waals surface area contributed by atoms with Crippen molar-refractivity contribution in [3.05, 3.63) is 35.9 Å². The minimum Gasteiger partial charge on any atom is -0.494 e. The summed E-state index contributed by atoms with van der Waals surface area (Å²) < 4.78 is 11.0. The Kier molecular flexibility index (Phi) is 11.5. The number of esters is 1. The summed E-state index contributed by atoms with van der Waals surface area (Å²) in [6.07, 6.45) is 19.3. The predicted molar refractivity (Wildman–Crippen MR) is 116 cm³/mol. The van der Waals surface area contributed by atoms with Crippen molar-refractivity contribution in [3.63, 3.8) is 0 Å². The van der Waals surface area contributed by atoms with Crippen molar-refractivity contribution in [1.82, 2.24) is 0 Å². The summed E-state index contributed by atoms with van der Waals surface area (Å²) >= 11 is 0. The lowest BCUT2D eigenvalue weighted by molar-refractivity contribution is -0.143. The molecule has 0 radical (unpaired) electrons. The van der Waals surface area contributed by atoms with Gasteiger partial charge in [0.2, 0.25) is 0 Å². The Bertz CT molecular complexity index is 558. The zero-order valence-corrected chi connectivity index (χ0v) is 17.7. The number of hydrogen-bond donors (Lipinski definition) is 0. The fourth-order valence-electron chi connectivity index (χ4n) is 3.21. The molecule has 0 spiro atoms. The number of rotatable bonds is 16. The van der Waals surface area contributed by atoms with Gasteiger partial charge >= 0.3 is 5.97 Å². The maximum atomic E-state index is 11.4. The Morgan fingerprint density at radius 1 is 0.929 bits per heavy atom. The Labute approximate surface area is 171 Å². The monoisotopic (exact) mass is 386 g/mol. The highest BCUT2D eigenvalue weighted by Crippen LogP contribution is 2.30. The van der Waals surface area contributed by atoms with Gasteiger partial charge < -0.3 is 9.47 Å². The number of carbonyl (C=O) groups excluding carboxylic acids is 1. The number of hydrogen-bond acceptors (Lipinski definition) is 3. The number of benzene rings is 1. The predicted octanol–water partition coefficient (Wildman–Crippen LogP) is 6.95. The molecule has 1 aromatic rings. The summed E-state index contributed by atoms with van der Waals surface area (Å²) in [7, 11) is 0. The molecule has 0 aliphatic heterocycles. The highest BCUT2D eigenvalue weighted by Gasteiger charge is 2.30. The zero-order chi connectivity index (χ0) is 19.9. The first-order valence-corrected chi connectivity index (χ1v) is 11.4. The summed E-state index contributed by atoms with van der Waals surface area (Å²) in [6, 6.07) is 8.08.